The number of anilines is 1. The number of nitrogens with zero attached hydrogens (tertiary/aromatic N) is 1. The molecule has 0 spiro atoms. The molecule has 0 aliphatic heterocycles. The van der Waals surface area contributed by atoms with Gasteiger partial charge >= 0.3 is 0 Å². The average molecular weight is 555 g/mol. The minimum absolute atomic E-state index is 0.0546. The largest absolute Gasteiger partial charge is 0.456 e. The highest BCUT2D eigenvalue weighted by atomic mass is 16.3. The van der Waals surface area contributed by atoms with Crippen LogP contribution < -0.4 is 5.32 Å². The first-order chi connectivity index (χ1) is 21.0. The monoisotopic (exact) mass is 554 g/mol. The molecule has 1 aliphatic carbocycles. The summed E-state index contributed by atoms with van der Waals surface area (Å²) in [4.78, 5) is 0. The summed E-state index contributed by atoms with van der Waals surface area (Å²) in [5.41, 5.74) is 14.2. The Kier molecular flexibility index (Phi) is 4.88. The van der Waals surface area contributed by atoms with Crippen LogP contribution in [-0.2, 0) is 5.41 Å². The molecule has 2 aromatic heterocycles. The van der Waals surface area contributed by atoms with Gasteiger partial charge in [0.2, 0.25) is 0 Å². The molecule has 0 saturated heterocycles. The fraction of sp³-hybridized carbons (Fsp3) is 0.100. The summed E-state index contributed by atoms with van der Waals surface area (Å²) in [5.74, 6) is 0. The molecule has 0 atom stereocenters. The molecule has 6 aromatic carbocycles. The number of hydrogen-bond acceptors (Lipinski definition) is 2. The lowest BCUT2D eigenvalue weighted by Gasteiger charge is -2.22. The maximum Gasteiger partial charge on any atom is 0.137 e. The van der Waals surface area contributed by atoms with Crippen LogP contribution in [0.15, 0.2) is 126 Å². The minimum Gasteiger partial charge on any atom is -0.456 e. The van der Waals surface area contributed by atoms with Crippen molar-refractivity contribution in [1.29, 1.82) is 0 Å². The van der Waals surface area contributed by atoms with E-state index in [1.54, 1.807) is 0 Å². The van der Waals surface area contributed by atoms with Gasteiger partial charge in [-0.2, -0.15) is 0 Å². The van der Waals surface area contributed by atoms with Gasteiger partial charge in [-0.15, -0.1) is 0 Å². The van der Waals surface area contributed by atoms with Crippen molar-refractivity contribution in [2.45, 2.75) is 19.3 Å². The highest BCUT2D eigenvalue weighted by Gasteiger charge is 2.35. The molecule has 206 valence electrons. The molecule has 0 saturated carbocycles. The minimum atomic E-state index is -0.0546. The van der Waals surface area contributed by atoms with E-state index in [1.165, 1.54) is 55.3 Å². The van der Waals surface area contributed by atoms with Gasteiger partial charge in [0.25, 0.3) is 0 Å². The topological polar surface area (TPSA) is 30.1 Å². The number of rotatable bonds is 3. The second-order valence-corrected chi connectivity index (χ2v) is 12.2. The zero-order chi connectivity index (χ0) is 28.9. The zero-order valence-electron chi connectivity index (χ0n) is 24.4. The van der Waals surface area contributed by atoms with Crippen molar-refractivity contribution in [3.8, 4) is 27.9 Å². The fourth-order valence-corrected chi connectivity index (χ4v) is 7.47. The van der Waals surface area contributed by atoms with Gasteiger partial charge in [-0.05, 0) is 81.9 Å². The summed E-state index contributed by atoms with van der Waals surface area (Å²) in [6, 6.07) is 44.2. The van der Waals surface area contributed by atoms with Gasteiger partial charge in [-0.1, -0.05) is 86.6 Å². The lowest BCUT2D eigenvalue weighted by atomic mass is 9.82. The Labute approximate surface area is 250 Å². The highest BCUT2D eigenvalue weighted by Crippen LogP contribution is 2.49. The quantitative estimate of drug-likeness (QED) is 0.235. The van der Waals surface area contributed by atoms with Gasteiger partial charge in [-0.25, -0.2) is 0 Å². The maximum absolute atomic E-state index is 6.33. The molecule has 0 bridgehead atoms. The van der Waals surface area contributed by atoms with Crippen molar-refractivity contribution >= 4 is 49.4 Å². The molecule has 0 unspecified atom stereocenters. The first-order valence-electron chi connectivity index (χ1n) is 14.9. The van der Waals surface area contributed by atoms with E-state index in [9.17, 15) is 0 Å². The first kappa shape index (κ1) is 24.3. The van der Waals surface area contributed by atoms with Crippen LogP contribution in [0, 0.1) is 0 Å². The van der Waals surface area contributed by atoms with E-state index in [0.717, 1.165) is 33.2 Å². The van der Waals surface area contributed by atoms with Crippen LogP contribution in [0.25, 0.3) is 71.7 Å². The molecule has 1 N–H and O–H groups in total. The second kappa shape index (κ2) is 8.62. The normalized spacial score (nSPS) is 13.7. The van der Waals surface area contributed by atoms with Crippen molar-refractivity contribution < 1.29 is 4.42 Å². The van der Waals surface area contributed by atoms with Crippen LogP contribution in [0.1, 0.15) is 25.0 Å². The third kappa shape index (κ3) is 3.31. The van der Waals surface area contributed by atoms with Crippen LogP contribution in [-0.4, -0.2) is 11.6 Å². The summed E-state index contributed by atoms with van der Waals surface area (Å²) in [6.45, 7) is 4.69. The zero-order valence-corrected chi connectivity index (χ0v) is 24.4. The molecule has 2 heterocycles. The number of furan rings is 1. The summed E-state index contributed by atoms with van der Waals surface area (Å²) >= 11 is 0. The van der Waals surface area contributed by atoms with Crippen molar-refractivity contribution in [2.75, 3.05) is 12.4 Å². The van der Waals surface area contributed by atoms with Gasteiger partial charge in [-0.3, -0.25) is 0 Å². The summed E-state index contributed by atoms with van der Waals surface area (Å²) in [5, 5.41) is 8.08. The predicted molar refractivity (Wildman–Crippen MR) is 181 cm³/mol. The van der Waals surface area contributed by atoms with E-state index in [-0.39, 0.29) is 5.41 Å². The first-order valence-corrected chi connectivity index (χ1v) is 14.9. The summed E-state index contributed by atoms with van der Waals surface area (Å²) in [7, 11) is 1.96. The molecule has 0 radical (unpaired) electrons. The van der Waals surface area contributed by atoms with Gasteiger partial charge in [0.05, 0.1) is 16.4 Å². The van der Waals surface area contributed by atoms with E-state index < -0.39 is 0 Å². The van der Waals surface area contributed by atoms with Crippen molar-refractivity contribution in [3.63, 3.8) is 0 Å². The maximum atomic E-state index is 6.33. The number of hydrogen-bond donors (Lipinski definition) is 1. The Morgan fingerprint density at radius 1 is 0.581 bits per heavy atom. The van der Waals surface area contributed by atoms with E-state index in [2.05, 4.69) is 133 Å². The van der Waals surface area contributed by atoms with Gasteiger partial charge in [0.1, 0.15) is 11.2 Å². The third-order valence-electron chi connectivity index (χ3n) is 9.60. The molecule has 0 fully saturated rings. The van der Waals surface area contributed by atoms with Gasteiger partial charge in [0.15, 0.2) is 0 Å². The van der Waals surface area contributed by atoms with E-state index >= 15 is 0 Å². The lowest BCUT2D eigenvalue weighted by molar-refractivity contribution is 0.660. The van der Waals surface area contributed by atoms with Crippen molar-refractivity contribution in [1.82, 2.24) is 4.57 Å². The SMILES string of the molecule is CNc1cccc2oc3cc(-c4ccc5c6ccccc6n(-c6ccc7c(c6)C(C)(C)c6ccccc6-7)c5c4)ccc3c12. The van der Waals surface area contributed by atoms with Crippen LogP contribution in [0.4, 0.5) is 5.69 Å². The Hall–Kier alpha value is -5.28. The summed E-state index contributed by atoms with van der Waals surface area (Å²) < 4.78 is 8.77. The number of nitrogens with one attached hydrogen (secondary N) is 1. The van der Waals surface area contributed by atoms with Gasteiger partial charge in [0, 0.05) is 40.0 Å². The van der Waals surface area contributed by atoms with Crippen LogP contribution in [0.2, 0.25) is 0 Å². The van der Waals surface area contributed by atoms with Crippen LogP contribution >= 0.6 is 0 Å². The second-order valence-electron chi connectivity index (χ2n) is 12.2. The molecule has 3 nitrogen and oxygen atoms in total. The standard InChI is InChI=1S/C40H30N2O/c1-40(2)32-11-6-4-9-27(32)28-20-17-26(23-33(28)40)42-35-13-7-5-10-29(35)30-18-15-24(21-36(30)42)25-16-19-31-38(22-25)43-37-14-8-12-34(41-3)39(31)37/h4-23,41H,1-3H3. The Morgan fingerprint density at radius 2 is 1.33 bits per heavy atom. The smallest absolute Gasteiger partial charge is 0.137 e. The molecular weight excluding hydrogens is 524 g/mol. The predicted octanol–water partition coefficient (Wildman–Crippen LogP) is 10.7. The number of benzene rings is 6. The van der Waals surface area contributed by atoms with Crippen molar-refractivity contribution in [3.05, 3.63) is 132 Å². The van der Waals surface area contributed by atoms with Crippen LogP contribution in [0.3, 0.4) is 0 Å². The Morgan fingerprint density at radius 3 is 2.21 bits per heavy atom. The Balaban J connectivity index is 1.25. The van der Waals surface area contributed by atoms with Crippen LogP contribution in [0.5, 0.6) is 0 Å². The molecule has 9 rings (SSSR count). The molecule has 0 amide bonds. The third-order valence-corrected chi connectivity index (χ3v) is 9.60. The number of aromatic nitrogens is 1. The highest BCUT2D eigenvalue weighted by molar-refractivity contribution is 6.13. The summed E-state index contributed by atoms with van der Waals surface area (Å²) in [6.07, 6.45) is 0. The molecule has 1 aliphatic rings. The molecule has 8 aromatic rings. The lowest BCUT2D eigenvalue weighted by Crippen LogP contribution is -2.15. The molecule has 43 heavy (non-hydrogen) atoms. The van der Waals surface area contributed by atoms with E-state index in [1.807, 2.05) is 19.2 Å². The van der Waals surface area contributed by atoms with Gasteiger partial charge < -0.3 is 14.3 Å². The number of fused-ring (bicyclic) bond motifs is 9. The molecular formula is C40H30N2O. The number of para-hydroxylation sites is 1. The average Bonchev–Trinajstić information content (AvgIpc) is 3.66. The van der Waals surface area contributed by atoms with E-state index in [4.69, 9.17) is 4.42 Å². The Bertz CT molecular complexity index is 2420. The fourth-order valence-electron chi connectivity index (χ4n) is 7.47. The van der Waals surface area contributed by atoms with E-state index in [0.29, 0.717) is 0 Å². The molecule has 3 heteroatoms. The van der Waals surface area contributed by atoms with Crippen molar-refractivity contribution in [2.24, 2.45) is 0 Å².